The Kier molecular flexibility index (Phi) is 6.97. The summed E-state index contributed by atoms with van der Waals surface area (Å²) < 4.78 is 7.74. The summed E-state index contributed by atoms with van der Waals surface area (Å²) in [5, 5.41) is 0.961. The van der Waals surface area contributed by atoms with Crippen LogP contribution in [0.1, 0.15) is 72.4 Å². The topological polar surface area (TPSA) is 84.4 Å². The summed E-state index contributed by atoms with van der Waals surface area (Å²) in [7, 11) is 1.55. The number of pyridine rings is 1. The molecule has 1 aromatic carbocycles. The number of methoxy groups -OCH3 is 1. The van der Waals surface area contributed by atoms with E-state index in [1.807, 2.05) is 32.0 Å². The van der Waals surface area contributed by atoms with Crippen molar-refractivity contribution in [3.63, 3.8) is 0 Å². The Balaban J connectivity index is 1.38. The fourth-order valence-electron chi connectivity index (χ4n) is 6.14. The number of ketones is 1. The zero-order valence-electron chi connectivity index (χ0n) is 22.3. The number of H-pyrrole nitrogens is 1. The van der Waals surface area contributed by atoms with Gasteiger partial charge in [-0.15, -0.1) is 0 Å². The van der Waals surface area contributed by atoms with Crippen LogP contribution in [0, 0.1) is 25.7 Å². The number of fused-ring (bicyclic) bond motifs is 1. The van der Waals surface area contributed by atoms with Crippen molar-refractivity contribution in [2.45, 2.75) is 65.3 Å². The third-order valence-corrected chi connectivity index (χ3v) is 8.35. The first-order chi connectivity index (χ1) is 17.8. The quantitative estimate of drug-likeness (QED) is 0.440. The summed E-state index contributed by atoms with van der Waals surface area (Å²) in [4.78, 5) is 43.5. The number of ether oxygens (including phenoxy) is 1. The maximum atomic E-state index is 13.6. The van der Waals surface area contributed by atoms with Gasteiger partial charge in [-0.2, -0.15) is 0 Å². The highest BCUT2D eigenvalue weighted by molar-refractivity contribution is 6.09. The van der Waals surface area contributed by atoms with Crippen LogP contribution in [-0.2, 0) is 11.2 Å². The molecule has 2 aliphatic rings. The Morgan fingerprint density at radius 2 is 1.81 bits per heavy atom. The second kappa shape index (κ2) is 10.2. The smallest absolute Gasteiger partial charge is 0.255 e. The largest absolute Gasteiger partial charge is 0.496 e. The van der Waals surface area contributed by atoms with Crippen LogP contribution in [-0.4, -0.2) is 46.3 Å². The molecule has 0 bridgehead atoms. The van der Waals surface area contributed by atoms with Crippen molar-refractivity contribution in [2.75, 3.05) is 20.2 Å². The van der Waals surface area contributed by atoms with Crippen LogP contribution in [0.2, 0.25) is 0 Å². The lowest BCUT2D eigenvalue weighted by atomic mass is 9.89. The van der Waals surface area contributed by atoms with E-state index in [0.29, 0.717) is 29.6 Å². The van der Waals surface area contributed by atoms with Crippen LogP contribution in [0.3, 0.4) is 0 Å². The second-order valence-electron chi connectivity index (χ2n) is 10.8. The van der Waals surface area contributed by atoms with E-state index >= 15 is 0 Å². The van der Waals surface area contributed by atoms with Crippen molar-refractivity contribution >= 4 is 22.6 Å². The number of aromatic amines is 1. The Morgan fingerprint density at radius 3 is 2.49 bits per heavy atom. The molecule has 0 unspecified atom stereocenters. The van der Waals surface area contributed by atoms with Crippen molar-refractivity contribution in [3.8, 4) is 5.75 Å². The molecule has 1 saturated heterocycles. The van der Waals surface area contributed by atoms with Gasteiger partial charge in [0.1, 0.15) is 5.75 Å². The predicted molar refractivity (Wildman–Crippen MR) is 144 cm³/mol. The molecule has 2 fully saturated rings. The van der Waals surface area contributed by atoms with Crippen LogP contribution in [0.5, 0.6) is 5.75 Å². The van der Waals surface area contributed by atoms with E-state index in [1.54, 1.807) is 13.2 Å². The first kappa shape index (κ1) is 25.3. The van der Waals surface area contributed by atoms with E-state index in [4.69, 9.17) is 4.74 Å². The molecule has 7 nitrogen and oxygen atoms in total. The van der Waals surface area contributed by atoms with Gasteiger partial charge in [0, 0.05) is 59.3 Å². The lowest BCUT2D eigenvalue weighted by Crippen LogP contribution is -2.40. The van der Waals surface area contributed by atoms with Gasteiger partial charge in [-0.1, -0.05) is 18.2 Å². The van der Waals surface area contributed by atoms with Gasteiger partial charge in [0.05, 0.1) is 12.7 Å². The molecular formula is C30H37N3O4. The van der Waals surface area contributed by atoms with Crippen molar-refractivity contribution in [2.24, 2.45) is 11.8 Å². The minimum absolute atomic E-state index is 0.0338. The summed E-state index contributed by atoms with van der Waals surface area (Å²) in [6, 6.07) is 10.1. The lowest BCUT2D eigenvalue weighted by molar-refractivity contribution is -0.134. The molecule has 3 heterocycles. The number of carbonyl (C=O) groups is 2. The van der Waals surface area contributed by atoms with E-state index in [0.717, 1.165) is 66.6 Å². The Labute approximate surface area is 217 Å². The summed E-state index contributed by atoms with van der Waals surface area (Å²) in [5.41, 5.74) is 3.81. The molecule has 1 atom stereocenters. The van der Waals surface area contributed by atoms with E-state index in [1.165, 1.54) is 0 Å². The molecule has 3 aromatic rings. The first-order valence-corrected chi connectivity index (χ1v) is 13.5. The molecule has 1 aliphatic carbocycles. The van der Waals surface area contributed by atoms with Gasteiger partial charge in [-0.3, -0.25) is 14.4 Å². The molecule has 1 amide bonds. The Hall–Kier alpha value is -3.35. The number of likely N-dealkylation sites (tertiary alicyclic amines) is 1. The fraction of sp³-hybridized carbons (Fsp3) is 0.500. The number of benzene rings is 1. The molecule has 1 aliphatic heterocycles. The molecule has 37 heavy (non-hydrogen) atoms. The summed E-state index contributed by atoms with van der Waals surface area (Å²) in [6.45, 7) is 7.73. The predicted octanol–water partition coefficient (Wildman–Crippen LogP) is 4.98. The number of para-hydroxylation sites is 1. The number of nitrogens with zero attached hydrogens (tertiary/aromatic N) is 2. The Morgan fingerprint density at radius 1 is 1.11 bits per heavy atom. The zero-order chi connectivity index (χ0) is 26.3. The maximum absolute atomic E-state index is 13.6. The van der Waals surface area contributed by atoms with E-state index < -0.39 is 0 Å². The average molecular weight is 504 g/mol. The molecule has 0 radical (unpaired) electrons. The van der Waals surface area contributed by atoms with Gasteiger partial charge in [0.2, 0.25) is 5.91 Å². The molecule has 1 N–H and O–H groups in total. The molecule has 0 spiro atoms. The van der Waals surface area contributed by atoms with Crippen LogP contribution in [0.4, 0.5) is 0 Å². The molecule has 7 heteroatoms. The number of aromatic nitrogens is 2. The third kappa shape index (κ3) is 4.83. The highest BCUT2D eigenvalue weighted by Crippen LogP contribution is 2.38. The SMILES string of the molecule is COc1cc(C)[nH]c(=O)c1CCC(=O)c1c(C)n([C@H](C)C2CCN(C(=O)C3CC3)CC2)c2ccccc12. The van der Waals surface area contributed by atoms with Gasteiger partial charge >= 0.3 is 0 Å². The summed E-state index contributed by atoms with van der Waals surface area (Å²) >= 11 is 0. The monoisotopic (exact) mass is 503 g/mol. The number of amides is 1. The van der Waals surface area contributed by atoms with Crippen LogP contribution < -0.4 is 10.3 Å². The van der Waals surface area contributed by atoms with E-state index in [9.17, 15) is 14.4 Å². The summed E-state index contributed by atoms with van der Waals surface area (Å²) in [6.07, 6.45) is 4.60. The number of hydrogen-bond acceptors (Lipinski definition) is 4. The number of hydrogen-bond donors (Lipinski definition) is 1. The standard InChI is InChI=1S/C30H37N3O4/c1-18-17-27(37-4)24(29(35)31-18)11-12-26(34)28-20(3)33(25-8-6-5-7-23(25)28)19(2)21-13-15-32(16-14-21)30(36)22-9-10-22/h5-8,17,19,21-22H,9-16H2,1-4H3,(H,31,35)/t19-/m1/s1. The number of nitrogens with one attached hydrogen (secondary N) is 1. The van der Waals surface area contributed by atoms with Crippen molar-refractivity contribution < 1.29 is 14.3 Å². The summed E-state index contributed by atoms with van der Waals surface area (Å²) in [5.74, 6) is 1.61. The maximum Gasteiger partial charge on any atom is 0.255 e. The van der Waals surface area contributed by atoms with Crippen molar-refractivity contribution in [3.05, 3.63) is 63.2 Å². The minimum atomic E-state index is -0.205. The number of rotatable bonds is 8. The van der Waals surface area contributed by atoms with Gasteiger partial charge in [-0.05, 0) is 70.9 Å². The Bertz CT molecular complexity index is 1390. The van der Waals surface area contributed by atoms with Gasteiger partial charge < -0.3 is 19.2 Å². The van der Waals surface area contributed by atoms with Crippen LogP contribution >= 0.6 is 0 Å². The molecular weight excluding hydrogens is 466 g/mol. The molecule has 5 rings (SSSR count). The number of Topliss-reactive ketones (excluding diaryl/α,β-unsaturated/α-hetero) is 1. The molecule has 2 aromatic heterocycles. The lowest BCUT2D eigenvalue weighted by Gasteiger charge is -2.36. The molecule has 196 valence electrons. The van der Waals surface area contributed by atoms with Gasteiger partial charge in [0.25, 0.3) is 5.56 Å². The highest BCUT2D eigenvalue weighted by atomic mass is 16.5. The minimum Gasteiger partial charge on any atom is -0.496 e. The van der Waals surface area contributed by atoms with E-state index in [-0.39, 0.29) is 29.7 Å². The van der Waals surface area contributed by atoms with Gasteiger partial charge in [-0.25, -0.2) is 0 Å². The normalized spacial score (nSPS) is 17.2. The second-order valence-corrected chi connectivity index (χ2v) is 10.8. The number of carbonyl (C=O) groups excluding carboxylic acids is 2. The van der Waals surface area contributed by atoms with Crippen LogP contribution in [0.25, 0.3) is 10.9 Å². The number of piperidine rings is 1. The van der Waals surface area contributed by atoms with Crippen LogP contribution in [0.15, 0.2) is 35.1 Å². The number of aryl methyl sites for hydroxylation is 1. The highest BCUT2D eigenvalue weighted by Gasteiger charge is 2.36. The molecule has 1 saturated carbocycles. The van der Waals surface area contributed by atoms with Crippen molar-refractivity contribution in [1.29, 1.82) is 0 Å². The average Bonchev–Trinajstić information content (AvgIpc) is 3.70. The fourth-order valence-corrected chi connectivity index (χ4v) is 6.14. The first-order valence-electron chi connectivity index (χ1n) is 13.5. The van der Waals surface area contributed by atoms with E-state index in [2.05, 4.69) is 27.4 Å². The third-order valence-electron chi connectivity index (χ3n) is 8.35. The van der Waals surface area contributed by atoms with Crippen molar-refractivity contribution in [1.82, 2.24) is 14.5 Å². The van der Waals surface area contributed by atoms with Gasteiger partial charge in [0.15, 0.2) is 5.78 Å². The zero-order valence-corrected chi connectivity index (χ0v) is 22.3.